The van der Waals surface area contributed by atoms with E-state index in [4.69, 9.17) is 9.84 Å². The molecule has 2 bridgehead atoms. The summed E-state index contributed by atoms with van der Waals surface area (Å²) in [6.07, 6.45) is 10.5. The van der Waals surface area contributed by atoms with E-state index in [-0.39, 0.29) is 0 Å². The van der Waals surface area contributed by atoms with Crippen molar-refractivity contribution in [2.45, 2.75) is 76.5 Å². The normalized spacial score (nSPS) is 27.7. The molecule has 3 rings (SSSR count). The van der Waals surface area contributed by atoms with E-state index >= 15 is 0 Å². The van der Waals surface area contributed by atoms with Gasteiger partial charge in [0.25, 0.3) is 0 Å². The predicted molar refractivity (Wildman–Crippen MR) is 99.0 cm³/mol. The second kappa shape index (κ2) is 8.81. The van der Waals surface area contributed by atoms with Gasteiger partial charge in [-0.2, -0.15) is 0 Å². The number of hydrogen-bond donors (Lipinski definition) is 2. The van der Waals surface area contributed by atoms with E-state index in [0.717, 1.165) is 19.4 Å². The number of benzene rings is 1. The molecule has 0 spiro atoms. The Kier molecular flexibility index (Phi) is 6.49. The fourth-order valence-corrected chi connectivity index (χ4v) is 4.39. The highest BCUT2D eigenvalue weighted by molar-refractivity contribution is 5.87. The van der Waals surface area contributed by atoms with Crippen molar-refractivity contribution in [2.75, 3.05) is 6.54 Å². The van der Waals surface area contributed by atoms with Crippen molar-refractivity contribution in [2.24, 2.45) is 5.92 Å². The van der Waals surface area contributed by atoms with Gasteiger partial charge in [0, 0.05) is 12.0 Å². The molecule has 2 heterocycles. The summed E-state index contributed by atoms with van der Waals surface area (Å²) in [7, 11) is 0. The van der Waals surface area contributed by atoms with Crippen LogP contribution in [0, 0.1) is 5.92 Å². The highest BCUT2D eigenvalue weighted by Gasteiger charge is 2.47. The zero-order valence-corrected chi connectivity index (χ0v) is 15.2. The average molecular weight is 345 g/mol. The van der Waals surface area contributed by atoms with Crippen LogP contribution >= 0.6 is 0 Å². The molecule has 0 aliphatic carbocycles. The lowest BCUT2D eigenvalue weighted by atomic mass is 9.81. The monoisotopic (exact) mass is 345 g/mol. The number of aromatic carboxylic acids is 1. The minimum atomic E-state index is -0.861. The summed E-state index contributed by atoms with van der Waals surface area (Å²) in [6, 6.07) is 7.81. The van der Waals surface area contributed by atoms with Crippen LogP contribution in [0.4, 0.5) is 0 Å². The lowest BCUT2D eigenvalue weighted by molar-refractivity contribution is 0.0697. The molecule has 25 heavy (non-hydrogen) atoms. The van der Waals surface area contributed by atoms with Gasteiger partial charge in [0.1, 0.15) is 0 Å². The predicted octanol–water partition coefficient (Wildman–Crippen LogP) is 4.03. The Morgan fingerprint density at radius 2 is 1.92 bits per heavy atom. The van der Waals surface area contributed by atoms with Crippen LogP contribution < -0.4 is 5.32 Å². The number of carboxylic acid groups (broad SMARTS) is 1. The molecule has 1 aromatic rings. The van der Waals surface area contributed by atoms with Crippen molar-refractivity contribution in [1.82, 2.24) is 5.32 Å². The molecule has 0 amide bonds. The van der Waals surface area contributed by atoms with Crippen molar-refractivity contribution in [3.05, 3.63) is 35.4 Å². The lowest BCUT2D eigenvalue weighted by Gasteiger charge is -2.29. The van der Waals surface area contributed by atoms with Gasteiger partial charge in [-0.15, -0.1) is 0 Å². The quantitative estimate of drug-likeness (QED) is 0.629. The molecule has 2 saturated heterocycles. The fraction of sp³-hybridized carbons (Fsp3) is 0.667. The number of carbonyl (C=O) groups is 1. The van der Waals surface area contributed by atoms with Crippen LogP contribution in [-0.2, 0) is 11.2 Å². The molecule has 4 heteroatoms. The van der Waals surface area contributed by atoms with Crippen molar-refractivity contribution in [3.63, 3.8) is 0 Å². The van der Waals surface area contributed by atoms with Crippen LogP contribution in [0.3, 0.4) is 0 Å². The lowest BCUT2D eigenvalue weighted by Crippen LogP contribution is -2.44. The number of rotatable bonds is 10. The van der Waals surface area contributed by atoms with Gasteiger partial charge >= 0.3 is 5.97 Å². The van der Waals surface area contributed by atoms with Crippen molar-refractivity contribution >= 4 is 5.97 Å². The van der Waals surface area contributed by atoms with E-state index < -0.39 is 5.97 Å². The SMILES string of the molecule is CCCCCCN[C@@H]1[C@H](CCc2ccc(C(=O)O)cc2)[C@@H]2CC[C@H]1O2. The molecular formula is C21H31NO3. The molecule has 2 aliphatic heterocycles. The number of hydrogen-bond acceptors (Lipinski definition) is 3. The summed E-state index contributed by atoms with van der Waals surface area (Å²) in [5.74, 6) is -0.274. The van der Waals surface area contributed by atoms with Crippen molar-refractivity contribution in [1.29, 1.82) is 0 Å². The van der Waals surface area contributed by atoms with Gasteiger partial charge in [-0.1, -0.05) is 38.3 Å². The number of aryl methyl sites for hydroxylation is 1. The summed E-state index contributed by atoms with van der Waals surface area (Å²) in [5.41, 5.74) is 1.58. The smallest absolute Gasteiger partial charge is 0.335 e. The van der Waals surface area contributed by atoms with Gasteiger partial charge in [-0.3, -0.25) is 0 Å². The highest BCUT2D eigenvalue weighted by atomic mass is 16.5. The Balaban J connectivity index is 1.50. The molecule has 1 aromatic carbocycles. The first-order valence-electron chi connectivity index (χ1n) is 9.90. The van der Waals surface area contributed by atoms with E-state index in [1.165, 1.54) is 44.1 Å². The standard InChI is InChI=1S/C21H31NO3/c1-2-3-4-5-14-22-20-17(18-12-13-19(20)25-18)11-8-15-6-9-16(10-7-15)21(23)24/h6-7,9-10,17-20,22H,2-5,8,11-14H2,1H3,(H,23,24)/t17-,18+,19-,20-/m1/s1. The van der Waals surface area contributed by atoms with E-state index in [0.29, 0.717) is 29.7 Å². The Morgan fingerprint density at radius 1 is 1.16 bits per heavy atom. The summed E-state index contributed by atoms with van der Waals surface area (Å²) in [5, 5.41) is 12.8. The molecule has 0 radical (unpaired) electrons. The molecule has 4 nitrogen and oxygen atoms in total. The van der Waals surface area contributed by atoms with Crippen LogP contribution in [0.2, 0.25) is 0 Å². The topological polar surface area (TPSA) is 58.6 Å². The fourth-order valence-electron chi connectivity index (χ4n) is 4.39. The van der Waals surface area contributed by atoms with Crippen LogP contribution in [0.1, 0.15) is 67.8 Å². The number of unbranched alkanes of at least 4 members (excludes halogenated alkanes) is 3. The molecule has 4 atom stereocenters. The molecule has 2 N–H and O–H groups in total. The van der Waals surface area contributed by atoms with E-state index in [1.54, 1.807) is 12.1 Å². The maximum absolute atomic E-state index is 11.0. The van der Waals surface area contributed by atoms with E-state index in [1.807, 2.05) is 12.1 Å². The molecule has 0 unspecified atom stereocenters. The van der Waals surface area contributed by atoms with E-state index in [2.05, 4.69) is 12.2 Å². The number of fused-ring (bicyclic) bond motifs is 2. The third-order valence-electron chi connectivity index (χ3n) is 5.80. The Labute approximate surface area is 151 Å². The zero-order valence-electron chi connectivity index (χ0n) is 15.2. The van der Waals surface area contributed by atoms with Crippen LogP contribution in [0.15, 0.2) is 24.3 Å². The Morgan fingerprint density at radius 3 is 2.64 bits per heavy atom. The highest BCUT2D eigenvalue weighted by Crippen LogP contribution is 2.41. The summed E-state index contributed by atoms with van der Waals surface area (Å²) >= 11 is 0. The minimum Gasteiger partial charge on any atom is -0.478 e. The van der Waals surface area contributed by atoms with E-state index in [9.17, 15) is 4.79 Å². The number of ether oxygens (including phenoxy) is 1. The molecule has 0 aromatic heterocycles. The molecule has 0 saturated carbocycles. The van der Waals surface area contributed by atoms with Gasteiger partial charge in [-0.25, -0.2) is 4.79 Å². The van der Waals surface area contributed by atoms with Crippen molar-refractivity contribution in [3.8, 4) is 0 Å². The van der Waals surface area contributed by atoms with Gasteiger partial charge in [-0.05, 0) is 56.3 Å². The first-order chi connectivity index (χ1) is 12.2. The molecule has 138 valence electrons. The second-order valence-corrected chi connectivity index (χ2v) is 7.54. The first kappa shape index (κ1) is 18.4. The summed E-state index contributed by atoms with van der Waals surface area (Å²) < 4.78 is 6.17. The van der Waals surface area contributed by atoms with Gasteiger partial charge in [0.2, 0.25) is 0 Å². The molecular weight excluding hydrogens is 314 g/mol. The van der Waals surface area contributed by atoms with Gasteiger partial charge < -0.3 is 15.2 Å². The van der Waals surface area contributed by atoms with Gasteiger partial charge in [0.15, 0.2) is 0 Å². The summed E-state index contributed by atoms with van der Waals surface area (Å²) in [4.78, 5) is 11.0. The van der Waals surface area contributed by atoms with Crippen molar-refractivity contribution < 1.29 is 14.6 Å². The number of carboxylic acids is 1. The minimum absolute atomic E-state index is 0.360. The number of nitrogens with one attached hydrogen (secondary N) is 1. The maximum atomic E-state index is 11.0. The van der Waals surface area contributed by atoms with Crippen LogP contribution in [0.25, 0.3) is 0 Å². The third-order valence-corrected chi connectivity index (χ3v) is 5.80. The second-order valence-electron chi connectivity index (χ2n) is 7.54. The third kappa shape index (κ3) is 4.62. The maximum Gasteiger partial charge on any atom is 0.335 e. The Hall–Kier alpha value is -1.39. The Bertz CT molecular complexity index is 557. The van der Waals surface area contributed by atoms with Crippen LogP contribution in [0.5, 0.6) is 0 Å². The van der Waals surface area contributed by atoms with Gasteiger partial charge in [0.05, 0.1) is 17.8 Å². The summed E-state index contributed by atoms with van der Waals surface area (Å²) in [6.45, 7) is 3.34. The van der Waals surface area contributed by atoms with Crippen LogP contribution in [-0.4, -0.2) is 35.9 Å². The first-order valence-corrected chi connectivity index (χ1v) is 9.90. The molecule has 2 aliphatic rings. The molecule has 2 fully saturated rings. The largest absolute Gasteiger partial charge is 0.478 e. The average Bonchev–Trinajstić information content (AvgIpc) is 3.22. The zero-order chi connectivity index (χ0) is 17.6.